The van der Waals surface area contributed by atoms with Gasteiger partial charge in [0.05, 0.1) is 11.1 Å². The van der Waals surface area contributed by atoms with Gasteiger partial charge in [0.1, 0.15) is 11.9 Å². The normalized spacial score (nSPS) is 15.4. The summed E-state index contributed by atoms with van der Waals surface area (Å²) in [6, 6.07) is 16.8. The molecule has 4 rings (SSSR count). The lowest BCUT2D eigenvalue weighted by atomic mass is 9.90. The maximum atomic E-state index is 9.42. The zero-order chi connectivity index (χ0) is 19.2. The molecule has 1 fully saturated rings. The molecule has 0 aliphatic carbocycles. The Morgan fingerprint density at radius 3 is 2.75 bits per heavy atom. The Balaban J connectivity index is 1.27. The molecule has 1 aliphatic rings. The number of likely N-dealkylation sites (tertiary alicyclic amines) is 1. The van der Waals surface area contributed by atoms with Crippen molar-refractivity contribution >= 4 is 16.7 Å². The van der Waals surface area contributed by atoms with Crippen molar-refractivity contribution < 1.29 is 0 Å². The van der Waals surface area contributed by atoms with E-state index < -0.39 is 0 Å². The van der Waals surface area contributed by atoms with Crippen LogP contribution in [0.4, 0.5) is 5.82 Å². The summed E-state index contributed by atoms with van der Waals surface area (Å²) >= 11 is 0. The summed E-state index contributed by atoms with van der Waals surface area (Å²) in [7, 11) is 0. The summed E-state index contributed by atoms with van der Waals surface area (Å²) in [5.74, 6) is 1.45. The van der Waals surface area contributed by atoms with Crippen LogP contribution < -0.4 is 5.32 Å². The molecule has 0 radical (unpaired) electrons. The SMILES string of the molecule is N#Cc1cc2cnccc2nc1NCCN1CCC(Cc2ccccc2)CC1. The fraction of sp³-hybridized carbons (Fsp3) is 0.348. The van der Waals surface area contributed by atoms with E-state index in [-0.39, 0.29) is 0 Å². The molecule has 0 unspecified atom stereocenters. The minimum Gasteiger partial charge on any atom is -0.368 e. The van der Waals surface area contributed by atoms with Crippen molar-refractivity contribution in [1.29, 1.82) is 5.26 Å². The van der Waals surface area contributed by atoms with Crippen molar-refractivity contribution in [2.24, 2.45) is 5.92 Å². The zero-order valence-electron chi connectivity index (χ0n) is 16.0. The van der Waals surface area contributed by atoms with Crippen LogP contribution >= 0.6 is 0 Å². The fourth-order valence-corrected chi connectivity index (χ4v) is 3.93. The summed E-state index contributed by atoms with van der Waals surface area (Å²) < 4.78 is 0. The first-order valence-corrected chi connectivity index (χ1v) is 9.97. The van der Waals surface area contributed by atoms with Gasteiger partial charge in [0.2, 0.25) is 0 Å². The molecule has 142 valence electrons. The third-order valence-electron chi connectivity index (χ3n) is 5.53. The molecule has 28 heavy (non-hydrogen) atoms. The molecule has 0 amide bonds. The molecular formula is C23H25N5. The van der Waals surface area contributed by atoms with Crippen LogP contribution in [0.5, 0.6) is 0 Å². The number of anilines is 1. The number of hydrogen-bond acceptors (Lipinski definition) is 5. The topological polar surface area (TPSA) is 64.8 Å². The van der Waals surface area contributed by atoms with Crippen LogP contribution in [0.15, 0.2) is 54.9 Å². The third-order valence-corrected chi connectivity index (χ3v) is 5.53. The highest BCUT2D eigenvalue weighted by molar-refractivity contribution is 5.81. The monoisotopic (exact) mass is 371 g/mol. The highest BCUT2D eigenvalue weighted by Crippen LogP contribution is 2.22. The number of aromatic nitrogens is 2. The van der Waals surface area contributed by atoms with E-state index in [9.17, 15) is 5.26 Å². The fourth-order valence-electron chi connectivity index (χ4n) is 3.93. The summed E-state index contributed by atoms with van der Waals surface area (Å²) in [6.07, 6.45) is 7.16. The van der Waals surface area contributed by atoms with Gasteiger partial charge in [0, 0.05) is 30.9 Å². The van der Waals surface area contributed by atoms with Crippen LogP contribution in [-0.4, -0.2) is 41.0 Å². The van der Waals surface area contributed by atoms with E-state index in [4.69, 9.17) is 0 Å². The Labute approximate surface area is 166 Å². The molecule has 1 saturated heterocycles. The number of nitrogens with zero attached hydrogens (tertiary/aromatic N) is 4. The van der Waals surface area contributed by atoms with Gasteiger partial charge in [-0.25, -0.2) is 4.98 Å². The predicted molar refractivity (Wildman–Crippen MR) is 112 cm³/mol. The molecule has 0 saturated carbocycles. The van der Waals surface area contributed by atoms with Gasteiger partial charge in [-0.05, 0) is 56.0 Å². The minimum atomic E-state index is 0.571. The Morgan fingerprint density at radius 1 is 1.14 bits per heavy atom. The van der Waals surface area contributed by atoms with Crippen molar-refractivity contribution in [3.8, 4) is 6.07 Å². The first kappa shape index (κ1) is 18.4. The summed E-state index contributed by atoms with van der Waals surface area (Å²) in [5, 5.41) is 13.7. The van der Waals surface area contributed by atoms with Gasteiger partial charge in [0.25, 0.3) is 0 Å². The lowest BCUT2D eigenvalue weighted by Crippen LogP contribution is -2.37. The van der Waals surface area contributed by atoms with Crippen LogP contribution in [0, 0.1) is 17.2 Å². The Hall–Kier alpha value is -2.97. The maximum absolute atomic E-state index is 9.42. The standard InChI is InChI=1S/C23H25N5/c24-16-20-15-21-17-25-9-6-22(21)27-23(20)26-10-13-28-11-7-19(8-12-28)14-18-4-2-1-3-5-18/h1-6,9,15,17,19H,7-8,10-14H2,(H,26,27). The molecule has 5 nitrogen and oxygen atoms in total. The molecule has 1 aromatic carbocycles. The number of fused-ring (bicyclic) bond motifs is 1. The van der Waals surface area contributed by atoms with Crippen LogP contribution in [0.1, 0.15) is 24.0 Å². The summed E-state index contributed by atoms with van der Waals surface area (Å²) in [6.45, 7) is 4.04. The highest BCUT2D eigenvalue weighted by Gasteiger charge is 2.19. The van der Waals surface area contributed by atoms with Crippen molar-refractivity contribution in [3.63, 3.8) is 0 Å². The zero-order valence-corrected chi connectivity index (χ0v) is 16.0. The van der Waals surface area contributed by atoms with E-state index in [0.29, 0.717) is 11.4 Å². The predicted octanol–water partition coefficient (Wildman–Crippen LogP) is 3.87. The van der Waals surface area contributed by atoms with Crippen molar-refractivity contribution in [1.82, 2.24) is 14.9 Å². The quantitative estimate of drug-likeness (QED) is 0.713. The first-order valence-electron chi connectivity index (χ1n) is 9.97. The van der Waals surface area contributed by atoms with Gasteiger partial charge in [-0.1, -0.05) is 30.3 Å². The number of pyridine rings is 2. The average Bonchev–Trinajstić information content (AvgIpc) is 2.75. The molecule has 0 spiro atoms. The number of piperidine rings is 1. The van der Waals surface area contributed by atoms with Gasteiger partial charge >= 0.3 is 0 Å². The number of nitrogens with one attached hydrogen (secondary N) is 1. The lowest BCUT2D eigenvalue weighted by molar-refractivity contribution is 0.190. The van der Waals surface area contributed by atoms with E-state index >= 15 is 0 Å². The number of benzene rings is 1. The second kappa shape index (κ2) is 8.81. The molecular weight excluding hydrogens is 346 g/mol. The van der Waals surface area contributed by atoms with Gasteiger partial charge in [-0.3, -0.25) is 4.98 Å². The molecule has 1 N–H and O–H groups in total. The first-order chi connectivity index (χ1) is 13.8. The Kier molecular flexibility index (Phi) is 5.79. The van der Waals surface area contributed by atoms with E-state index in [1.807, 2.05) is 12.1 Å². The van der Waals surface area contributed by atoms with E-state index in [0.717, 1.165) is 43.0 Å². The van der Waals surface area contributed by atoms with Crippen molar-refractivity contribution in [3.05, 3.63) is 66.0 Å². The molecule has 2 aromatic heterocycles. The van der Waals surface area contributed by atoms with Crippen molar-refractivity contribution in [2.75, 3.05) is 31.5 Å². The van der Waals surface area contributed by atoms with Crippen LogP contribution in [0.25, 0.3) is 10.9 Å². The van der Waals surface area contributed by atoms with Gasteiger partial charge in [0.15, 0.2) is 0 Å². The smallest absolute Gasteiger partial charge is 0.144 e. The van der Waals surface area contributed by atoms with Gasteiger partial charge < -0.3 is 10.2 Å². The van der Waals surface area contributed by atoms with Gasteiger partial charge in [-0.2, -0.15) is 5.26 Å². The van der Waals surface area contributed by atoms with E-state index in [1.165, 1.54) is 24.8 Å². The van der Waals surface area contributed by atoms with Crippen LogP contribution in [0.2, 0.25) is 0 Å². The van der Waals surface area contributed by atoms with E-state index in [2.05, 4.69) is 56.6 Å². The lowest BCUT2D eigenvalue weighted by Gasteiger charge is -2.32. The number of hydrogen-bond donors (Lipinski definition) is 1. The molecule has 3 heterocycles. The molecule has 5 heteroatoms. The number of rotatable bonds is 6. The molecule has 1 aliphatic heterocycles. The summed E-state index contributed by atoms with van der Waals surface area (Å²) in [4.78, 5) is 11.2. The number of nitriles is 1. The maximum Gasteiger partial charge on any atom is 0.144 e. The minimum absolute atomic E-state index is 0.571. The Morgan fingerprint density at radius 2 is 1.96 bits per heavy atom. The second-order valence-electron chi connectivity index (χ2n) is 7.47. The Bertz CT molecular complexity index is 956. The average molecular weight is 371 g/mol. The highest BCUT2D eigenvalue weighted by atomic mass is 15.1. The largest absolute Gasteiger partial charge is 0.368 e. The third kappa shape index (κ3) is 4.47. The van der Waals surface area contributed by atoms with Crippen LogP contribution in [0.3, 0.4) is 0 Å². The van der Waals surface area contributed by atoms with Crippen molar-refractivity contribution in [2.45, 2.75) is 19.3 Å². The summed E-state index contributed by atoms with van der Waals surface area (Å²) in [5.41, 5.74) is 2.88. The van der Waals surface area contributed by atoms with Crippen LogP contribution in [-0.2, 0) is 6.42 Å². The molecule has 3 aromatic rings. The van der Waals surface area contributed by atoms with Gasteiger partial charge in [-0.15, -0.1) is 0 Å². The van der Waals surface area contributed by atoms with E-state index in [1.54, 1.807) is 12.4 Å². The molecule has 0 atom stereocenters. The molecule has 0 bridgehead atoms. The second-order valence-corrected chi connectivity index (χ2v) is 7.47.